The third-order valence-corrected chi connectivity index (χ3v) is 6.94. The van der Waals surface area contributed by atoms with Crippen molar-refractivity contribution in [2.24, 2.45) is 0 Å². The number of halogens is 1. The molecular weight excluding hydrogens is 388 g/mol. The molecule has 0 bridgehead atoms. The largest absolute Gasteiger partial charge is 0.495 e. The highest BCUT2D eigenvalue weighted by Crippen LogP contribution is 2.34. The minimum Gasteiger partial charge on any atom is -0.495 e. The first-order chi connectivity index (χ1) is 12.8. The van der Waals surface area contributed by atoms with Crippen molar-refractivity contribution in [1.82, 2.24) is 9.97 Å². The third kappa shape index (κ3) is 3.96. The molecular formula is C18H23ClN4O3S. The van der Waals surface area contributed by atoms with Crippen LogP contribution in [-0.2, 0) is 9.84 Å². The van der Waals surface area contributed by atoms with Crippen LogP contribution in [0.4, 0.5) is 11.8 Å². The van der Waals surface area contributed by atoms with Crippen LogP contribution in [0.5, 0.6) is 5.75 Å². The van der Waals surface area contributed by atoms with Crippen molar-refractivity contribution in [3.63, 3.8) is 0 Å². The van der Waals surface area contributed by atoms with E-state index in [1.165, 1.54) is 44.7 Å². The molecule has 0 radical (unpaired) electrons. The maximum Gasteiger partial charge on any atom is 0.227 e. The van der Waals surface area contributed by atoms with E-state index in [9.17, 15) is 8.42 Å². The first kappa shape index (κ1) is 19.7. The normalized spacial score (nSPS) is 15.5. The Kier molecular flexibility index (Phi) is 5.76. The summed E-state index contributed by atoms with van der Waals surface area (Å²) in [6.07, 6.45) is 6.98. The summed E-state index contributed by atoms with van der Waals surface area (Å²) in [7, 11) is -0.671. The van der Waals surface area contributed by atoms with Crippen LogP contribution in [0.3, 0.4) is 0 Å². The monoisotopic (exact) mass is 410 g/mol. The molecule has 7 nitrogen and oxygen atoms in total. The number of sulfone groups is 1. The molecule has 27 heavy (non-hydrogen) atoms. The zero-order valence-electron chi connectivity index (χ0n) is 15.4. The summed E-state index contributed by atoms with van der Waals surface area (Å²) in [6, 6.07) is 4.73. The third-order valence-electron chi connectivity index (χ3n) is 4.91. The fraction of sp³-hybridized carbons (Fsp3) is 0.444. The van der Waals surface area contributed by atoms with Crippen molar-refractivity contribution in [3.05, 3.63) is 29.4 Å². The van der Waals surface area contributed by atoms with Crippen molar-refractivity contribution < 1.29 is 13.2 Å². The van der Waals surface area contributed by atoms with Gasteiger partial charge in [-0.2, -0.15) is 4.98 Å². The molecule has 0 spiro atoms. The lowest BCUT2D eigenvalue weighted by Gasteiger charge is -2.31. The number of rotatable bonds is 5. The Bertz CT molecular complexity index is 930. The molecule has 0 unspecified atom stereocenters. The predicted octanol–water partition coefficient (Wildman–Crippen LogP) is 3.32. The number of nitrogen functional groups attached to an aromatic ring is 1. The van der Waals surface area contributed by atoms with Gasteiger partial charge in [0.1, 0.15) is 21.4 Å². The quantitative estimate of drug-likeness (QED) is 0.807. The molecule has 2 N–H and O–H groups in total. The van der Waals surface area contributed by atoms with Crippen molar-refractivity contribution in [2.75, 3.05) is 24.8 Å². The van der Waals surface area contributed by atoms with Gasteiger partial charge >= 0.3 is 0 Å². The molecule has 3 rings (SSSR count). The lowest BCUT2D eigenvalue weighted by atomic mass is 9.95. The van der Waals surface area contributed by atoms with Crippen molar-refractivity contribution in [2.45, 2.75) is 47.9 Å². The summed E-state index contributed by atoms with van der Waals surface area (Å²) in [5.74, 6) is 0.517. The number of hydrogen-bond acceptors (Lipinski definition) is 7. The number of anilines is 2. The molecule has 0 aliphatic heterocycles. The second-order valence-corrected chi connectivity index (χ2v) is 8.94. The Hall–Kier alpha value is -2.06. The molecule has 1 aliphatic carbocycles. The highest BCUT2D eigenvalue weighted by molar-refractivity contribution is 7.91. The van der Waals surface area contributed by atoms with E-state index in [0.717, 1.165) is 12.8 Å². The number of nitrogens with zero attached hydrogens (tertiary/aromatic N) is 3. The summed E-state index contributed by atoms with van der Waals surface area (Å²) in [6.45, 7) is 0. The Morgan fingerprint density at radius 1 is 1.22 bits per heavy atom. The molecule has 0 amide bonds. The molecule has 146 valence electrons. The van der Waals surface area contributed by atoms with Crippen molar-refractivity contribution in [1.29, 1.82) is 0 Å². The van der Waals surface area contributed by atoms with Crippen molar-refractivity contribution in [3.8, 4) is 5.75 Å². The molecule has 0 saturated heterocycles. The highest BCUT2D eigenvalue weighted by atomic mass is 35.5. The summed E-state index contributed by atoms with van der Waals surface area (Å²) in [4.78, 5) is 10.3. The van der Waals surface area contributed by atoms with E-state index in [1.807, 2.05) is 11.9 Å². The Balaban J connectivity index is 1.97. The van der Waals surface area contributed by atoms with Crippen LogP contribution in [0.2, 0.25) is 5.02 Å². The number of aromatic nitrogens is 2. The summed E-state index contributed by atoms with van der Waals surface area (Å²) >= 11 is 5.97. The Morgan fingerprint density at radius 3 is 2.56 bits per heavy atom. The van der Waals surface area contributed by atoms with Gasteiger partial charge in [-0.25, -0.2) is 13.4 Å². The summed E-state index contributed by atoms with van der Waals surface area (Å²) < 4.78 is 31.3. The van der Waals surface area contributed by atoms with Gasteiger partial charge < -0.3 is 15.4 Å². The van der Waals surface area contributed by atoms with Crippen LogP contribution in [0.15, 0.2) is 34.2 Å². The maximum atomic E-state index is 13.1. The van der Waals surface area contributed by atoms with Crippen molar-refractivity contribution >= 4 is 33.2 Å². The molecule has 1 aliphatic rings. The van der Waals surface area contributed by atoms with Gasteiger partial charge in [0.15, 0.2) is 0 Å². The summed E-state index contributed by atoms with van der Waals surface area (Å²) in [5.41, 5.74) is 6.01. The molecule has 1 heterocycles. The van der Waals surface area contributed by atoms with E-state index >= 15 is 0 Å². The second kappa shape index (κ2) is 7.90. The minimum absolute atomic E-state index is 0.0683. The molecule has 1 aromatic carbocycles. The second-order valence-electron chi connectivity index (χ2n) is 6.62. The van der Waals surface area contributed by atoms with Crippen LogP contribution in [-0.4, -0.2) is 38.6 Å². The standard InChI is InChI=1S/C18H23ClN4O3S/c1-23(13-6-4-3-5-7-13)18-21-11-16(17(20)22-18)27(24,25)15-10-12(19)8-9-14(15)26-2/h8-11,13H,3-7H2,1-2H3,(H2,20,21,22). The lowest BCUT2D eigenvalue weighted by Crippen LogP contribution is -2.34. The van der Waals surface area contributed by atoms with Gasteiger partial charge in [-0.05, 0) is 31.0 Å². The topological polar surface area (TPSA) is 98.4 Å². The van der Waals surface area contributed by atoms with Gasteiger partial charge in [0.2, 0.25) is 15.8 Å². The van der Waals surface area contributed by atoms with Crippen LogP contribution in [0.1, 0.15) is 32.1 Å². The molecule has 1 aromatic heterocycles. The summed E-state index contributed by atoms with van der Waals surface area (Å²) in [5, 5.41) is 0.280. The van der Waals surface area contributed by atoms with E-state index < -0.39 is 9.84 Å². The van der Waals surface area contributed by atoms with Crippen LogP contribution < -0.4 is 15.4 Å². The van der Waals surface area contributed by atoms with Gasteiger partial charge in [-0.15, -0.1) is 0 Å². The fourth-order valence-corrected chi connectivity index (χ4v) is 5.05. The molecule has 2 aromatic rings. The molecule has 1 saturated carbocycles. The fourth-order valence-electron chi connectivity index (χ4n) is 3.36. The maximum absolute atomic E-state index is 13.1. The van der Waals surface area contributed by atoms with E-state index in [2.05, 4.69) is 9.97 Å². The average molecular weight is 411 g/mol. The lowest BCUT2D eigenvalue weighted by molar-refractivity contribution is 0.402. The first-order valence-corrected chi connectivity index (χ1v) is 10.6. The van der Waals surface area contributed by atoms with E-state index in [0.29, 0.717) is 12.0 Å². The van der Waals surface area contributed by atoms with Crippen LogP contribution >= 0.6 is 11.6 Å². The number of methoxy groups -OCH3 is 1. The Morgan fingerprint density at radius 2 is 1.93 bits per heavy atom. The van der Waals surface area contributed by atoms with E-state index in [1.54, 1.807) is 6.07 Å². The number of ether oxygens (including phenoxy) is 1. The zero-order valence-corrected chi connectivity index (χ0v) is 16.9. The Labute approximate surface area is 164 Å². The minimum atomic E-state index is -3.98. The number of benzene rings is 1. The van der Waals surface area contributed by atoms with Gasteiger partial charge in [-0.1, -0.05) is 30.9 Å². The predicted molar refractivity (Wildman–Crippen MR) is 105 cm³/mol. The van der Waals surface area contributed by atoms with Gasteiger partial charge in [0, 0.05) is 18.1 Å². The average Bonchev–Trinajstić information content (AvgIpc) is 2.67. The first-order valence-electron chi connectivity index (χ1n) is 8.78. The molecule has 1 fully saturated rings. The molecule has 9 heteroatoms. The van der Waals surface area contributed by atoms with Crippen LogP contribution in [0, 0.1) is 0 Å². The smallest absolute Gasteiger partial charge is 0.227 e. The SMILES string of the molecule is COc1ccc(Cl)cc1S(=O)(=O)c1cnc(N(C)C2CCCCC2)nc1N. The van der Waals surface area contributed by atoms with E-state index in [-0.39, 0.29) is 26.4 Å². The van der Waals surface area contributed by atoms with Gasteiger partial charge in [0.05, 0.1) is 13.3 Å². The highest BCUT2D eigenvalue weighted by Gasteiger charge is 2.28. The number of hydrogen-bond donors (Lipinski definition) is 1. The zero-order chi connectivity index (χ0) is 19.6. The number of nitrogens with two attached hydrogens (primary N) is 1. The van der Waals surface area contributed by atoms with Gasteiger partial charge in [0.25, 0.3) is 0 Å². The molecule has 0 atom stereocenters. The van der Waals surface area contributed by atoms with Crippen LogP contribution in [0.25, 0.3) is 0 Å². The van der Waals surface area contributed by atoms with E-state index in [4.69, 9.17) is 22.1 Å². The van der Waals surface area contributed by atoms with Gasteiger partial charge in [-0.3, -0.25) is 0 Å².